The summed E-state index contributed by atoms with van der Waals surface area (Å²) in [5.41, 5.74) is 0.756. The minimum atomic E-state index is -0.487. The Morgan fingerprint density at radius 3 is 3.13 bits per heavy atom. The molecule has 1 N–H and O–H groups in total. The minimum absolute atomic E-state index is 0.182. The van der Waals surface area contributed by atoms with Crippen molar-refractivity contribution >= 4 is 0 Å². The first kappa shape index (κ1) is 10.6. The van der Waals surface area contributed by atoms with Crippen LogP contribution < -0.4 is 0 Å². The van der Waals surface area contributed by atoms with Crippen molar-refractivity contribution in [3.8, 4) is 0 Å². The Labute approximate surface area is 89.9 Å². The van der Waals surface area contributed by atoms with E-state index >= 15 is 0 Å². The van der Waals surface area contributed by atoms with Crippen molar-refractivity contribution in [1.82, 2.24) is 9.78 Å². The summed E-state index contributed by atoms with van der Waals surface area (Å²) in [4.78, 5) is 0. The van der Waals surface area contributed by atoms with Crippen LogP contribution in [0.15, 0.2) is 12.3 Å². The standard InChI is InChI=1S/C11H18N2O2/c1-3-10-8(5-7-15-10)11(14)9-4-6-13(2)12-9/h4,6,8,10-11,14H,3,5,7H2,1-2H3. The summed E-state index contributed by atoms with van der Waals surface area (Å²) < 4.78 is 7.29. The van der Waals surface area contributed by atoms with Gasteiger partial charge < -0.3 is 9.84 Å². The molecular formula is C11H18N2O2. The Morgan fingerprint density at radius 1 is 1.73 bits per heavy atom. The van der Waals surface area contributed by atoms with E-state index in [1.165, 1.54) is 0 Å². The van der Waals surface area contributed by atoms with Gasteiger partial charge in [-0.2, -0.15) is 5.10 Å². The van der Waals surface area contributed by atoms with E-state index in [2.05, 4.69) is 12.0 Å². The van der Waals surface area contributed by atoms with Gasteiger partial charge in [0.25, 0.3) is 0 Å². The number of aromatic nitrogens is 2. The van der Waals surface area contributed by atoms with Crippen LogP contribution >= 0.6 is 0 Å². The summed E-state index contributed by atoms with van der Waals surface area (Å²) in [6.45, 7) is 2.85. The maximum atomic E-state index is 10.2. The lowest BCUT2D eigenvalue weighted by Crippen LogP contribution is -2.22. The van der Waals surface area contributed by atoms with Crippen LogP contribution in [0.4, 0.5) is 0 Å². The van der Waals surface area contributed by atoms with E-state index in [0.717, 1.165) is 25.1 Å². The molecule has 15 heavy (non-hydrogen) atoms. The van der Waals surface area contributed by atoms with Gasteiger partial charge in [0.2, 0.25) is 0 Å². The summed E-state index contributed by atoms with van der Waals surface area (Å²) >= 11 is 0. The van der Waals surface area contributed by atoms with Gasteiger partial charge in [-0.3, -0.25) is 4.68 Å². The average Bonchev–Trinajstić information content (AvgIpc) is 2.84. The number of nitrogens with zero attached hydrogens (tertiary/aromatic N) is 2. The highest BCUT2D eigenvalue weighted by Gasteiger charge is 2.34. The number of hydrogen-bond donors (Lipinski definition) is 1. The first-order chi connectivity index (χ1) is 7.22. The molecule has 84 valence electrons. The van der Waals surface area contributed by atoms with E-state index < -0.39 is 6.10 Å². The summed E-state index contributed by atoms with van der Waals surface area (Å²) in [5.74, 6) is 0.199. The van der Waals surface area contributed by atoms with Crippen molar-refractivity contribution in [3.05, 3.63) is 18.0 Å². The normalized spacial score (nSPS) is 28.2. The lowest BCUT2D eigenvalue weighted by atomic mass is 9.91. The summed E-state index contributed by atoms with van der Waals surface area (Å²) in [7, 11) is 1.86. The molecule has 2 rings (SSSR count). The van der Waals surface area contributed by atoms with Crippen LogP contribution in [0.25, 0.3) is 0 Å². The van der Waals surface area contributed by atoms with Gasteiger partial charge in [-0.25, -0.2) is 0 Å². The average molecular weight is 210 g/mol. The van der Waals surface area contributed by atoms with E-state index in [4.69, 9.17) is 4.74 Å². The Morgan fingerprint density at radius 2 is 2.53 bits per heavy atom. The number of ether oxygens (including phenoxy) is 1. The molecule has 0 radical (unpaired) electrons. The third-order valence-corrected chi connectivity index (χ3v) is 3.11. The monoisotopic (exact) mass is 210 g/mol. The fourth-order valence-corrected chi connectivity index (χ4v) is 2.26. The van der Waals surface area contributed by atoms with Crippen molar-refractivity contribution < 1.29 is 9.84 Å². The van der Waals surface area contributed by atoms with Gasteiger partial charge in [0.05, 0.1) is 11.8 Å². The predicted molar refractivity (Wildman–Crippen MR) is 56.3 cm³/mol. The van der Waals surface area contributed by atoms with E-state index in [1.807, 2.05) is 19.3 Å². The highest BCUT2D eigenvalue weighted by molar-refractivity contribution is 5.05. The maximum absolute atomic E-state index is 10.2. The molecular weight excluding hydrogens is 192 g/mol. The molecule has 0 amide bonds. The summed E-state index contributed by atoms with van der Waals surface area (Å²) in [6.07, 6.45) is 3.43. The molecule has 0 aromatic carbocycles. The van der Waals surface area contributed by atoms with Gasteiger partial charge in [-0.1, -0.05) is 6.92 Å². The van der Waals surface area contributed by atoms with Gasteiger partial charge in [0.1, 0.15) is 6.10 Å². The van der Waals surface area contributed by atoms with Gasteiger partial charge >= 0.3 is 0 Å². The quantitative estimate of drug-likeness (QED) is 0.817. The van der Waals surface area contributed by atoms with Gasteiger partial charge in [-0.15, -0.1) is 0 Å². The van der Waals surface area contributed by atoms with E-state index in [1.54, 1.807) is 4.68 Å². The molecule has 3 atom stereocenters. The predicted octanol–water partition coefficient (Wildman–Crippen LogP) is 1.27. The molecule has 1 saturated heterocycles. The van der Waals surface area contributed by atoms with Crippen LogP contribution in [0, 0.1) is 5.92 Å². The van der Waals surface area contributed by atoms with Crippen LogP contribution in [0.5, 0.6) is 0 Å². The van der Waals surface area contributed by atoms with Crippen LogP contribution in [0.2, 0.25) is 0 Å². The second-order valence-corrected chi connectivity index (χ2v) is 4.13. The maximum Gasteiger partial charge on any atom is 0.103 e. The van der Waals surface area contributed by atoms with Gasteiger partial charge in [0.15, 0.2) is 0 Å². The number of aliphatic hydroxyl groups is 1. The smallest absolute Gasteiger partial charge is 0.103 e. The zero-order valence-corrected chi connectivity index (χ0v) is 9.26. The largest absolute Gasteiger partial charge is 0.386 e. The third-order valence-electron chi connectivity index (χ3n) is 3.11. The fraction of sp³-hybridized carbons (Fsp3) is 0.727. The lowest BCUT2D eigenvalue weighted by Gasteiger charge is -2.21. The number of hydrogen-bond acceptors (Lipinski definition) is 3. The van der Waals surface area contributed by atoms with E-state index in [-0.39, 0.29) is 12.0 Å². The first-order valence-corrected chi connectivity index (χ1v) is 5.51. The van der Waals surface area contributed by atoms with Crippen LogP contribution in [-0.4, -0.2) is 27.6 Å². The van der Waals surface area contributed by atoms with Crippen LogP contribution in [0.1, 0.15) is 31.6 Å². The molecule has 2 heterocycles. The molecule has 1 fully saturated rings. The second-order valence-electron chi connectivity index (χ2n) is 4.13. The van der Waals surface area contributed by atoms with Crippen LogP contribution in [-0.2, 0) is 11.8 Å². The minimum Gasteiger partial charge on any atom is -0.386 e. The molecule has 4 heteroatoms. The van der Waals surface area contributed by atoms with Crippen molar-refractivity contribution in [2.45, 2.75) is 32.0 Å². The van der Waals surface area contributed by atoms with Gasteiger partial charge in [0, 0.05) is 25.8 Å². The number of rotatable bonds is 3. The SMILES string of the molecule is CCC1OCCC1C(O)c1ccn(C)n1. The number of aryl methyl sites for hydroxylation is 1. The topological polar surface area (TPSA) is 47.3 Å². The second kappa shape index (κ2) is 4.33. The van der Waals surface area contributed by atoms with E-state index in [0.29, 0.717) is 0 Å². The molecule has 1 aromatic heterocycles. The Kier molecular flexibility index (Phi) is 3.07. The summed E-state index contributed by atoms with van der Waals surface area (Å²) in [6, 6.07) is 1.87. The van der Waals surface area contributed by atoms with Crippen LogP contribution in [0.3, 0.4) is 0 Å². The highest BCUT2D eigenvalue weighted by atomic mass is 16.5. The zero-order chi connectivity index (χ0) is 10.8. The molecule has 0 bridgehead atoms. The van der Waals surface area contributed by atoms with Gasteiger partial charge in [-0.05, 0) is 18.9 Å². The molecule has 3 unspecified atom stereocenters. The van der Waals surface area contributed by atoms with Crippen molar-refractivity contribution in [3.63, 3.8) is 0 Å². The Balaban J connectivity index is 2.10. The Hall–Kier alpha value is -0.870. The molecule has 1 aliphatic heterocycles. The Bertz CT molecular complexity index is 324. The van der Waals surface area contributed by atoms with E-state index in [9.17, 15) is 5.11 Å². The molecule has 0 spiro atoms. The van der Waals surface area contributed by atoms with Crippen molar-refractivity contribution in [2.24, 2.45) is 13.0 Å². The molecule has 0 aliphatic carbocycles. The molecule has 4 nitrogen and oxygen atoms in total. The fourth-order valence-electron chi connectivity index (χ4n) is 2.26. The van der Waals surface area contributed by atoms with Crippen molar-refractivity contribution in [2.75, 3.05) is 6.61 Å². The highest BCUT2D eigenvalue weighted by Crippen LogP contribution is 2.33. The third kappa shape index (κ3) is 2.06. The molecule has 0 saturated carbocycles. The first-order valence-electron chi connectivity index (χ1n) is 5.51. The zero-order valence-electron chi connectivity index (χ0n) is 9.26. The number of aliphatic hydroxyl groups excluding tert-OH is 1. The molecule has 1 aliphatic rings. The molecule has 1 aromatic rings. The van der Waals surface area contributed by atoms with Crippen molar-refractivity contribution in [1.29, 1.82) is 0 Å². The summed E-state index contributed by atoms with van der Waals surface area (Å²) in [5, 5.41) is 14.4. The lowest BCUT2D eigenvalue weighted by molar-refractivity contribution is 0.0287.